The van der Waals surface area contributed by atoms with Crippen LogP contribution < -0.4 is 21.7 Å². The van der Waals surface area contributed by atoms with Crippen LogP contribution in [-0.2, 0) is 25.6 Å². The average Bonchev–Trinajstić information content (AvgIpc) is 3.18. The molecule has 11 nitrogen and oxygen atoms in total. The maximum atomic E-state index is 13.0. The molecule has 0 spiro atoms. The number of hydrogen-bond acceptors (Lipinski definition) is 6. The van der Waals surface area contributed by atoms with Crippen molar-refractivity contribution in [3.8, 4) is 0 Å². The first-order chi connectivity index (χ1) is 15.5. The topological polar surface area (TPSA) is 187 Å². The summed E-state index contributed by atoms with van der Waals surface area (Å²) in [5, 5.41) is 26.6. The molecule has 1 aromatic heterocycles. The van der Waals surface area contributed by atoms with Gasteiger partial charge in [0.25, 0.3) is 0 Å². The molecule has 0 aliphatic rings. The summed E-state index contributed by atoms with van der Waals surface area (Å²) in [6, 6.07) is 2.95. The fourth-order valence-electron chi connectivity index (χ4n) is 3.25. The second-order valence-corrected chi connectivity index (χ2v) is 8.21. The summed E-state index contributed by atoms with van der Waals surface area (Å²) in [4.78, 5) is 52.3. The van der Waals surface area contributed by atoms with Gasteiger partial charge in [0.15, 0.2) is 0 Å². The van der Waals surface area contributed by atoms with Crippen LogP contribution in [0.25, 0.3) is 10.9 Å². The number of carboxylic acid groups (broad SMARTS) is 1. The van der Waals surface area contributed by atoms with Crippen LogP contribution in [0.3, 0.4) is 0 Å². The number of aliphatic hydroxyl groups excluding tert-OH is 1. The highest BCUT2D eigenvalue weighted by Crippen LogP contribution is 2.19. The molecule has 3 amide bonds. The number of benzene rings is 1. The molecule has 180 valence electrons. The van der Waals surface area contributed by atoms with Crippen molar-refractivity contribution in [1.82, 2.24) is 20.9 Å². The molecule has 1 aromatic carbocycles. The Morgan fingerprint density at radius 3 is 2.27 bits per heavy atom. The molecule has 0 bridgehead atoms. The number of aliphatic hydroxyl groups is 1. The lowest BCUT2D eigenvalue weighted by atomic mass is 10.00. The summed E-state index contributed by atoms with van der Waals surface area (Å²) in [5.74, 6) is -3.58. The highest BCUT2D eigenvalue weighted by Gasteiger charge is 2.31. The third kappa shape index (κ3) is 6.77. The molecule has 0 fully saturated rings. The molecule has 1 heterocycles. The fourth-order valence-corrected chi connectivity index (χ4v) is 3.25. The Balaban J connectivity index is 2.27. The summed E-state index contributed by atoms with van der Waals surface area (Å²) in [5.41, 5.74) is 7.12. The summed E-state index contributed by atoms with van der Waals surface area (Å²) in [6.45, 7) is 4.14. The Labute approximate surface area is 191 Å². The molecular weight excluding hydrogens is 430 g/mol. The van der Waals surface area contributed by atoms with Crippen molar-refractivity contribution in [3.05, 3.63) is 36.0 Å². The van der Waals surface area contributed by atoms with Gasteiger partial charge in [-0.15, -0.1) is 0 Å². The minimum atomic E-state index is -1.22. The number of fused-ring (bicyclic) bond motifs is 1. The minimum absolute atomic E-state index is 0.0862. The normalized spacial score (nSPS) is 14.8. The summed E-state index contributed by atoms with van der Waals surface area (Å²) in [6.07, 6.45) is 1.81. The monoisotopic (exact) mass is 461 g/mol. The number of aliphatic carboxylic acids is 1. The van der Waals surface area contributed by atoms with E-state index in [2.05, 4.69) is 20.9 Å². The number of carbonyl (C=O) groups is 4. The van der Waals surface area contributed by atoms with E-state index in [9.17, 15) is 19.2 Å². The number of hydrogen-bond donors (Lipinski definition) is 7. The van der Waals surface area contributed by atoms with E-state index in [4.69, 9.17) is 15.9 Å². The molecule has 8 N–H and O–H groups in total. The molecule has 0 aliphatic carbocycles. The van der Waals surface area contributed by atoms with Crippen molar-refractivity contribution >= 4 is 34.6 Å². The number of aromatic nitrogens is 1. The Kier molecular flexibility index (Phi) is 8.94. The van der Waals surface area contributed by atoms with Gasteiger partial charge in [0.05, 0.1) is 6.61 Å². The van der Waals surface area contributed by atoms with Crippen LogP contribution in [0.1, 0.15) is 26.3 Å². The molecule has 2 rings (SSSR count). The molecule has 11 heteroatoms. The van der Waals surface area contributed by atoms with E-state index in [0.717, 1.165) is 16.5 Å². The second-order valence-electron chi connectivity index (χ2n) is 8.21. The zero-order chi connectivity index (χ0) is 24.7. The third-order valence-electron chi connectivity index (χ3n) is 5.24. The minimum Gasteiger partial charge on any atom is -0.480 e. The van der Waals surface area contributed by atoms with E-state index in [-0.39, 0.29) is 12.3 Å². The standard InChI is InChI=1S/C22H31N5O6/c1-11(2)18(27-19(29)15(23)10-28)21(31)26-17(20(30)25-12(3)22(32)33)8-13-9-24-16-7-5-4-6-14(13)16/h4-7,9,11-12,15,17-18,24,28H,8,10,23H2,1-3H3,(H,25,30)(H,26,31)(H,27,29)(H,32,33). The number of nitrogens with one attached hydrogen (secondary N) is 4. The lowest BCUT2D eigenvalue weighted by Crippen LogP contribution is -2.59. The molecule has 4 unspecified atom stereocenters. The van der Waals surface area contributed by atoms with Crippen LogP contribution in [0.2, 0.25) is 0 Å². The molecular formula is C22H31N5O6. The summed E-state index contributed by atoms with van der Waals surface area (Å²) >= 11 is 0. The van der Waals surface area contributed by atoms with Crippen LogP contribution in [0, 0.1) is 5.92 Å². The van der Waals surface area contributed by atoms with Gasteiger partial charge in [-0.3, -0.25) is 19.2 Å². The second kappa shape index (κ2) is 11.4. The highest BCUT2D eigenvalue weighted by molar-refractivity contribution is 5.95. The van der Waals surface area contributed by atoms with E-state index in [1.165, 1.54) is 6.92 Å². The number of para-hydroxylation sites is 1. The maximum Gasteiger partial charge on any atom is 0.325 e. The summed E-state index contributed by atoms with van der Waals surface area (Å²) in [7, 11) is 0. The first-order valence-electron chi connectivity index (χ1n) is 10.6. The molecule has 4 atom stereocenters. The van der Waals surface area contributed by atoms with Crippen LogP contribution in [0.4, 0.5) is 0 Å². The Bertz CT molecular complexity index is 1000. The van der Waals surface area contributed by atoms with E-state index in [1.54, 1.807) is 20.0 Å². The van der Waals surface area contributed by atoms with Gasteiger partial charge in [-0.25, -0.2) is 0 Å². The lowest BCUT2D eigenvalue weighted by molar-refractivity contribution is -0.141. The van der Waals surface area contributed by atoms with Crippen LogP contribution in [0.15, 0.2) is 30.5 Å². The number of aromatic amines is 1. The maximum absolute atomic E-state index is 13.0. The number of nitrogens with two attached hydrogens (primary N) is 1. The molecule has 0 saturated heterocycles. The molecule has 33 heavy (non-hydrogen) atoms. The predicted molar refractivity (Wildman–Crippen MR) is 121 cm³/mol. The van der Waals surface area contributed by atoms with Crippen molar-refractivity contribution in [1.29, 1.82) is 0 Å². The van der Waals surface area contributed by atoms with Gasteiger partial charge in [-0.1, -0.05) is 32.0 Å². The van der Waals surface area contributed by atoms with Gasteiger partial charge in [0, 0.05) is 23.5 Å². The SMILES string of the molecule is CC(NC(=O)C(Cc1c[nH]c2ccccc12)NC(=O)C(NC(=O)C(N)CO)C(C)C)C(=O)O. The van der Waals surface area contributed by atoms with E-state index < -0.39 is 54.5 Å². The van der Waals surface area contributed by atoms with Crippen molar-refractivity contribution in [2.75, 3.05) is 6.61 Å². The molecule has 2 aromatic rings. The van der Waals surface area contributed by atoms with Crippen molar-refractivity contribution in [2.45, 2.75) is 51.4 Å². The smallest absolute Gasteiger partial charge is 0.325 e. The van der Waals surface area contributed by atoms with Gasteiger partial charge in [0.1, 0.15) is 24.2 Å². The van der Waals surface area contributed by atoms with E-state index in [0.29, 0.717) is 0 Å². The number of rotatable bonds is 11. The largest absolute Gasteiger partial charge is 0.480 e. The number of amides is 3. The number of carboxylic acids is 1. The number of H-pyrrole nitrogens is 1. The van der Waals surface area contributed by atoms with Gasteiger partial charge in [-0.2, -0.15) is 0 Å². The predicted octanol–water partition coefficient (Wildman–Crippen LogP) is -0.755. The Hall–Kier alpha value is -3.44. The molecule has 0 radical (unpaired) electrons. The lowest BCUT2D eigenvalue weighted by Gasteiger charge is -2.26. The van der Waals surface area contributed by atoms with Gasteiger partial charge in [0.2, 0.25) is 17.7 Å². The highest BCUT2D eigenvalue weighted by atomic mass is 16.4. The van der Waals surface area contributed by atoms with Gasteiger partial charge in [-0.05, 0) is 24.5 Å². The Morgan fingerprint density at radius 1 is 1.00 bits per heavy atom. The quantitative estimate of drug-likeness (QED) is 0.229. The van der Waals surface area contributed by atoms with Crippen LogP contribution in [-0.4, -0.2) is 69.7 Å². The van der Waals surface area contributed by atoms with Crippen LogP contribution in [0.5, 0.6) is 0 Å². The molecule has 0 aliphatic heterocycles. The fraction of sp³-hybridized carbons (Fsp3) is 0.455. The number of carbonyl (C=O) groups excluding carboxylic acids is 3. The van der Waals surface area contributed by atoms with Crippen molar-refractivity contribution in [2.24, 2.45) is 11.7 Å². The van der Waals surface area contributed by atoms with Crippen molar-refractivity contribution in [3.63, 3.8) is 0 Å². The first-order valence-corrected chi connectivity index (χ1v) is 10.6. The first kappa shape index (κ1) is 25.8. The average molecular weight is 462 g/mol. The van der Waals surface area contributed by atoms with Gasteiger partial charge < -0.3 is 36.9 Å². The Morgan fingerprint density at radius 2 is 1.67 bits per heavy atom. The van der Waals surface area contributed by atoms with E-state index >= 15 is 0 Å². The molecule has 0 saturated carbocycles. The van der Waals surface area contributed by atoms with E-state index in [1.807, 2.05) is 24.3 Å². The third-order valence-corrected chi connectivity index (χ3v) is 5.24. The van der Waals surface area contributed by atoms with Crippen molar-refractivity contribution < 1.29 is 29.4 Å². The summed E-state index contributed by atoms with van der Waals surface area (Å²) < 4.78 is 0. The van der Waals surface area contributed by atoms with Crippen LogP contribution >= 0.6 is 0 Å². The van der Waals surface area contributed by atoms with Gasteiger partial charge >= 0.3 is 5.97 Å². The zero-order valence-electron chi connectivity index (χ0n) is 18.8. The zero-order valence-corrected chi connectivity index (χ0v) is 18.8.